The summed E-state index contributed by atoms with van der Waals surface area (Å²) in [5, 5.41) is 17.8. The summed E-state index contributed by atoms with van der Waals surface area (Å²) >= 11 is 0. The molecule has 1 aliphatic rings. The van der Waals surface area contributed by atoms with Crippen LogP contribution >= 0.6 is 0 Å². The third kappa shape index (κ3) is 4.68. The molecule has 0 aromatic carbocycles. The van der Waals surface area contributed by atoms with Crippen LogP contribution in [0.2, 0.25) is 0 Å². The number of amides is 2. The number of nitrogens with zero attached hydrogens (tertiary/aromatic N) is 3. The molecule has 0 bridgehead atoms. The zero-order valence-corrected chi connectivity index (χ0v) is 11.6. The molecule has 7 nitrogen and oxygen atoms in total. The molecule has 1 atom stereocenters. The van der Waals surface area contributed by atoms with Crippen LogP contribution in [0.5, 0.6) is 0 Å². The van der Waals surface area contributed by atoms with Gasteiger partial charge in [0.25, 0.3) is 0 Å². The fourth-order valence-corrected chi connectivity index (χ4v) is 2.05. The first-order valence-corrected chi connectivity index (χ1v) is 6.52. The third-order valence-corrected chi connectivity index (χ3v) is 3.45. The zero-order chi connectivity index (χ0) is 14.4. The lowest BCUT2D eigenvalue weighted by molar-refractivity contribution is -0.138. The van der Waals surface area contributed by atoms with Crippen molar-refractivity contribution in [3.05, 3.63) is 0 Å². The van der Waals surface area contributed by atoms with E-state index in [1.54, 1.807) is 18.9 Å². The van der Waals surface area contributed by atoms with E-state index in [0.29, 0.717) is 26.2 Å². The average Bonchev–Trinajstić information content (AvgIpc) is 2.61. The summed E-state index contributed by atoms with van der Waals surface area (Å²) in [5.41, 5.74) is 0. The van der Waals surface area contributed by atoms with Crippen LogP contribution in [0.3, 0.4) is 0 Å². The fourth-order valence-electron chi connectivity index (χ4n) is 2.05. The Morgan fingerprint density at radius 1 is 1.26 bits per heavy atom. The van der Waals surface area contributed by atoms with Gasteiger partial charge in [0.15, 0.2) is 0 Å². The first-order chi connectivity index (χ1) is 8.95. The number of aliphatic hydroxyl groups is 1. The van der Waals surface area contributed by atoms with Crippen molar-refractivity contribution in [1.29, 1.82) is 0 Å². The quantitative estimate of drug-likeness (QED) is 0.722. The van der Waals surface area contributed by atoms with E-state index < -0.39 is 5.97 Å². The highest BCUT2D eigenvalue weighted by Crippen LogP contribution is 2.07. The number of hydrogen-bond donors (Lipinski definition) is 2. The molecule has 0 aromatic heterocycles. The second kappa shape index (κ2) is 7.30. The Bertz CT molecular complexity index is 324. The molecule has 0 spiro atoms. The van der Waals surface area contributed by atoms with E-state index in [9.17, 15) is 9.59 Å². The van der Waals surface area contributed by atoms with E-state index in [-0.39, 0.29) is 25.2 Å². The topological polar surface area (TPSA) is 84.3 Å². The van der Waals surface area contributed by atoms with Crippen LogP contribution in [-0.2, 0) is 4.79 Å². The molecule has 0 aliphatic carbocycles. The number of likely N-dealkylation sites (N-methyl/N-ethyl adjacent to an activating group) is 1. The molecular formula is C12H23N3O4. The van der Waals surface area contributed by atoms with E-state index in [2.05, 4.69) is 0 Å². The van der Waals surface area contributed by atoms with Crippen molar-refractivity contribution >= 4 is 12.0 Å². The lowest BCUT2D eigenvalue weighted by atomic mass is 10.3. The Kier molecular flexibility index (Phi) is 6.04. The van der Waals surface area contributed by atoms with E-state index >= 15 is 0 Å². The van der Waals surface area contributed by atoms with Gasteiger partial charge in [-0.3, -0.25) is 9.69 Å². The molecule has 1 heterocycles. The van der Waals surface area contributed by atoms with Crippen molar-refractivity contribution in [3.63, 3.8) is 0 Å². The highest BCUT2D eigenvalue weighted by molar-refractivity contribution is 5.74. The summed E-state index contributed by atoms with van der Waals surface area (Å²) in [6.07, 6.45) is 0.764. The predicted molar refractivity (Wildman–Crippen MR) is 70.0 cm³/mol. The molecule has 7 heteroatoms. The van der Waals surface area contributed by atoms with Gasteiger partial charge in [-0.15, -0.1) is 0 Å². The van der Waals surface area contributed by atoms with Crippen molar-refractivity contribution in [2.24, 2.45) is 0 Å². The minimum absolute atomic E-state index is 0.0188. The number of carboxylic acid groups (broad SMARTS) is 1. The van der Waals surface area contributed by atoms with Gasteiger partial charge < -0.3 is 20.0 Å². The number of hydrogen-bond acceptors (Lipinski definition) is 4. The normalized spacial score (nSPS) is 18.8. The molecule has 1 rings (SSSR count). The number of urea groups is 1. The average molecular weight is 273 g/mol. The van der Waals surface area contributed by atoms with Gasteiger partial charge in [0, 0.05) is 33.2 Å². The van der Waals surface area contributed by atoms with Gasteiger partial charge in [-0.05, 0) is 13.3 Å². The maximum Gasteiger partial charge on any atom is 0.320 e. The van der Waals surface area contributed by atoms with Crippen LogP contribution in [0.15, 0.2) is 0 Å². The van der Waals surface area contributed by atoms with Gasteiger partial charge in [0.2, 0.25) is 0 Å². The Labute approximate surface area is 113 Å². The molecule has 2 amide bonds. The van der Waals surface area contributed by atoms with Gasteiger partial charge in [-0.1, -0.05) is 0 Å². The van der Waals surface area contributed by atoms with Gasteiger partial charge in [-0.25, -0.2) is 4.79 Å². The first-order valence-electron chi connectivity index (χ1n) is 6.52. The van der Waals surface area contributed by atoms with Gasteiger partial charge >= 0.3 is 12.0 Å². The number of rotatable bonds is 4. The van der Waals surface area contributed by atoms with E-state index in [1.807, 2.05) is 4.90 Å². The maximum absolute atomic E-state index is 12.2. The van der Waals surface area contributed by atoms with E-state index in [4.69, 9.17) is 10.2 Å². The predicted octanol–water partition coefficient (Wildman–Crippen LogP) is -0.489. The highest BCUT2D eigenvalue weighted by Gasteiger charge is 2.24. The van der Waals surface area contributed by atoms with Gasteiger partial charge in [0.1, 0.15) is 0 Å². The Morgan fingerprint density at radius 3 is 2.53 bits per heavy atom. The molecule has 0 radical (unpaired) electrons. The Hall–Kier alpha value is -1.34. The number of aliphatic hydroxyl groups excluding tert-OH is 1. The lowest BCUT2D eigenvalue weighted by Gasteiger charge is -2.30. The minimum Gasteiger partial charge on any atom is -0.480 e. The summed E-state index contributed by atoms with van der Waals surface area (Å²) in [5.74, 6) is -0.842. The molecule has 1 aliphatic heterocycles. The standard InChI is InChI=1S/C12H23N3O4/c1-10(9-16)13(2)12(19)15-5-3-4-14(6-7-15)8-11(17)18/h10,16H,3-9H2,1-2H3,(H,17,18). The summed E-state index contributed by atoms with van der Waals surface area (Å²) < 4.78 is 0. The van der Waals surface area contributed by atoms with Gasteiger partial charge in [-0.2, -0.15) is 0 Å². The second-order valence-electron chi connectivity index (χ2n) is 4.94. The lowest BCUT2D eigenvalue weighted by Crippen LogP contribution is -2.47. The molecule has 1 saturated heterocycles. The molecule has 19 heavy (non-hydrogen) atoms. The highest BCUT2D eigenvalue weighted by atomic mass is 16.4. The first kappa shape index (κ1) is 15.7. The molecule has 110 valence electrons. The molecule has 2 N–H and O–H groups in total. The van der Waals surface area contributed by atoms with E-state index in [0.717, 1.165) is 6.42 Å². The summed E-state index contributed by atoms with van der Waals surface area (Å²) in [4.78, 5) is 27.9. The largest absolute Gasteiger partial charge is 0.480 e. The van der Waals surface area contributed by atoms with Crippen LogP contribution in [0, 0.1) is 0 Å². The van der Waals surface area contributed by atoms with Gasteiger partial charge in [0.05, 0.1) is 19.2 Å². The van der Waals surface area contributed by atoms with Crippen molar-refractivity contribution < 1.29 is 19.8 Å². The number of carbonyl (C=O) groups is 2. The molecule has 0 saturated carbocycles. The van der Waals surface area contributed by atoms with E-state index in [1.165, 1.54) is 4.90 Å². The fraction of sp³-hybridized carbons (Fsp3) is 0.833. The number of aliphatic carboxylic acids is 1. The van der Waals surface area contributed by atoms with Crippen LogP contribution < -0.4 is 0 Å². The Morgan fingerprint density at radius 2 is 1.95 bits per heavy atom. The van der Waals surface area contributed by atoms with Crippen LogP contribution in [0.1, 0.15) is 13.3 Å². The molecule has 1 unspecified atom stereocenters. The van der Waals surface area contributed by atoms with Crippen molar-refractivity contribution in [2.45, 2.75) is 19.4 Å². The SMILES string of the molecule is CC(CO)N(C)C(=O)N1CCCN(CC(=O)O)CC1. The number of carbonyl (C=O) groups excluding carboxylic acids is 1. The maximum atomic E-state index is 12.2. The molecule has 1 fully saturated rings. The molecule has 0 aromatic rings. The summed E-state index contributed by atoms with van der Waals surface area (Å²) in [6.45, 7) is 4.14. The summed E-state index contributed by atoms with van der Waals surface area (Å²) in [7, 11) is 1.67. The Balaban J connectivity index is 2.52. The van der Waals surface area contributed by atoms with Crippen molar-refractivity contribution in [3.8, 4) is 0 Å². The van der Waals surface area contributed by atoms with Crippen LogP contribution in [-0.4, -0.2) is 89.3 Å². The smallest absolute Gasteiger partial charge is 0.320 e. The zero-order valence-electron chi connectivity index (χ0n) is 11.6. The second-order valence-corrected chi connectivity index (χ2v) is 4.94. The third-order valence-electron chi connectivity index (χ3n) is 3.45. The summed E-state index contributed by atoms with van der Waals surface area (Å²) in [6, 6.07) is -0.329. The molecular weight excluding hydrogens is 250 g/mol. The number of carboxylic acids is 1. The monoisotopic (exact) mass is 273 g/mol. The van der Waals surface area contributed by atoms with Crippen molar-refractivity contribution in [2.75, 3.05) is 46.4 Å². The van der Waals surface area contributed by atoms with Crippen LogP contribution in [0.4, 0.5) is 4.79 Å². The van der Waals surface area contributed by atoms with Crippen molar-refractivity contribution in [1.82, 2.24) is 14.7 Å². The van der Waals surface area contributed by atoms with Crippen LogP contribution in [0.25, 0.3) is 0 Å². The minimum atomic E-state index is -0.842.